The van der Waals surface area contributed by atoms with Crippen LogP contribution in [0.4, 0.5) is 17.6 Å². The van der Waals surface area contributed by atoms with Crippen molar-refractivity contribution in [3.05, 3.63) is 29.6 Å². The lowest BCUT2D eigenvalue weighted by Gasteiger charge is -2.07. The van der Waals surface area contributed by atoms with Crippen LogP contribution >= 0.6 is 12.6 Å². The number of rotatable bonds is 0. The third-order valence-corrected chi connectivity index (χ3v) is 1.63. The van der Waals surface area contributed by atoms with Crippen molar-refractivity contribution in [1.82, 2.24) is 0 Å². The highest BCUT2D eigenvalue weighted by molar-refractivity contribution is 7.80. The molecule has 1 aromatic carbocycles. The molecule has 0 saturated heterocycles. The molecule has 0 aliphatic carbocycles. The van der Waals surface area contributed by atoms with E-state index >= 15 is 0 Å². The van der Waals surface area contributed by atoms with Crippen LogP contribution < -0.4 is 0 Å². The van der Waals surface area contributed by atoms with Gasteiger partial charge < -0.3 is 0 Å². The second kappa shape index (κ2) is 2.97. The molecule has 0 spiro atoms. The van der Waals surface area contributed by atoms with Crippen molar-refractivity contribution < 1.29 is 17.6 Å². The van der Waals surface area contributed by atoms with Crippen molar-refractivity contribution in [3.8, 4) is 0 Å². The topological polar surface area (TPSA) is 0 Å². The maximum atomic E-state index is 12.7. The molecular formula is C7H4F4S. The zero-order valence-electron chi connectivity index (χ0n) is 5.69. The number of halogens is 4. The average molecular weight is 196 g/mol. The lowest BCUT2D eigenvalue weighted by Crippen LogP contribution is -2.08. The Balaban J connectivity index is 3.26. The van der Waals surface area contributed by atoms with Gasteiger partial charge in [0.1, 0.15) is 5.82 Å². The number of hydrogen-bond acceptors (Lipinski definition) is 1. The molecule has 0 aliphatic heterocycles. The van der Waals surface area contributed by atoms with Crippen molar-refractivity contribution in [2.45, 2.75) is 11.1 Å². The maximum absolute atomic E-state index is 12.7. The van der Waals surface area contributed by atoms with E-state index in [0.717, 1.165) is 12.1 Å². The second-order valence-electron chi connectivity index (χ2n) is 2.14. The Labute approximate surface area is 71.6 Å². The van der Waals surface area contributed by atoms with Crippen LogP contribution in [0.15, 0.2) is 23.1 Å². The van der Waals surface area contributed by atoms with Gasteiger partial charge in [-0.05, 0) is 12.1 Å². The summed E-state index contributed by atoms with van der Waals surface area (Å²) in [4.78, 5) is -0.301. The Morgan fingerprint density at radius 3 is 2.17 bits per heavy atom. The summed E-state index contributed by atoms with van der Waals surface area (Å²) in [5, 5.41) is 0. The first-order valence-electron chi connectivity index (χ1n) is 2.97. The standard InChI is InChI=1S/C7H4F4S/c8-6-4(7(9,10)11)2-1-3-5(6)12/h1-3,12H. The molecule has 1 rings (SSSR count). The number of thiol groups is 1. The molecule has 1 aromatic rings. The summed E-state index contributed by atoms with van der Waals surface area (Å²) in [6.07, 6.45) is -4.65. The minimum atomic E-state index is -4.65. The molecule has 0 bridgehead atoms. The Hall–Kier alpha value is -0.710. The summed E-state index contributed by atoms with van der Waals surface area (Å²) in [5.41, 5.74) is -1.28. The molecule has 0 aromatic heterocycles. The first-order chi connectivity index (χ1) is 5.43. The van der Waals surface area contributed by atoms with Crippen LogP contribution in [0.3, 0.4) is 0 Å². The molecule has 12 heavy (non-hydrogen) atoms. The Kier molecular flexibility index (Phi) is 2.32. The zero-order valence-corrected chi connectivity index (χ0v) is 6.59. The molecule has 0 unspecified atom stereocenters. The molecule has 0 heterocycles. The van der Waals surface area contributed by atoms with Gasteiger partial charge in [0, 0.05) is 4.90 Å². The summed E-state index contributed by atoms with van der Waals surface area (Å²) in [7, 11) is 0. The van der Waals surface area contributed by atoms with Crippen LogP contribution in [0, 0.1) is 5.82 Å². The van der Waals surface area contributed by atoms with Gasteiger partial charge in [-0.1, -0.05) is 6.07 Å². The van der Waals surface area contributed by atoms with Gasteiger partial charge >= 0.3 is 6.18 Å². The molecule has 0 aliphatic rings. The predicted molar refractivity (Wildman–Crippen MR) is 38.7 cm³/mol. The normalized spacial score (nSPS) is 11.8. The lowest BCUT2D eigenvalue weighted by atomic mass is 10.2. The second-order valence-corrected chi connectivity index (χ2v) is 2.62. The van der Waals surface area contributed by atoms with Crippen LogP contribution in [0.25, 0.3) is 0 Å². The van der Waals surface area contributed by atoms with E-state index in [9.17, 15) is 17.6 Å². The molecule has 0 fully saturated rings. The van der Waals surface area contributed by atoms with E-state index < -0.39 is 17.6 Å². The van der Waals surface area contributed by atoms with Crippen LogP contribution in [0.5, 0.6) is 0 Å². The maximum Gasteiger partial charge on any atom is 0.419 e. The first kappa shape index (κ1) is 9.38. The average Bonchev–Trinajstić information content (AvgIpc) is 1.92. The minimum Gasteiger partial charge on any atom is -0.205 e. The predicted octanol–water partition coefficient (Wildman–Crippen LogP) is 3.13. The van der Waals surface area contributed by atoms with E-state index in [-0.39, 0.29) is 4.90 Å². The monoisotopic (exact) mass is 196 g/mol. The summed E-state index contributed by atoms with van der Waals surface area (Å²) < 4.78 is 48.6. The van der Waals surface area contributed by atoms with E-state index in [0.29, 0.717) is 6.07 Å². The Morgan fingerprint density at radius 2 is 1.75 bits per heavy atom. The van der Waals surface area contributed by atoms with Gasteiger partial charge in [0.05, 0.1) is 5.56 Å². The molecule has 0 N–H and O–H groups in total. The Morgan fingerprint density at radius 1 is 1.17 bits per heavy atom. The summed E-state index contributed by atoms with van der Waals surface area (Å²) in [6.45, 7) is 0. The van der Waals surface area contributed by atoms with Gasteiger partial charge in [0.15, 0.2) is 0 Å². The SMILES string of the molecule is Fc1c(S)cccc1C(F)(F)F. The summed E-state index contributed by atoms with van der Waals surface area (Å²) in [6, 6.07) is 2.94. The molecular weight excluding hydrogens is 192 g/mol. The molecule has 0 nitrogen and oxygen atoms in total. The highest BCUT2D eigenvalue weighted by Crippen LogP contribution is 2.32. The highest BCUT2D eigenvalue weighted by atomic mass is 32.1. The van der Waals surface area contributed by atoms with Gasteiger partial charge in [-0.15, -0.1) is 12.6 Å². The highest BCUT2D eigenvalue weighted by Gasteiger charge is 2.34. The van der Waals surface area contributed by atoms with Crippen molar-refractivity contribution >= 4 is 12.6 Å². The molecule has 0 radical (unpaired) electrons. The third kappa shape index (κ3) is 1.72. The van der Waals surface area contributed by atoms with E-state index in [1.165, 1.54) is 0 Å². The quantitative estimate of drug-likeness (QED) is 0.478. The fraction of sp³-hybridized carbons (Fsp3) is 0.143. The van der Waals surface area contributed by atoms with Crippen molar-refractivity contribution in [2.24, 2.45) is 0 Å². The van der Waals surface area contributed by atoms with Crippen LogP contribution in [-0.2, 0) is 6.18 Å². The lowest BCUT2D eigenvalue weighted by molar-refractivity contribution is -0.140. The minimum absolute atomic E-state index is 0.301. The molecule has 0 amide bonds. The summed E-state index contributed by atoms with van der Waals surface area (Å²) in [5.74, 6) is -1.33. The summed E-state index contributed by atoms with van der Waals surface area (Å²) >= 11 is 3.52. The number of hydrogen-bond donors (Lipinski definition) is 1. The Bertz CT molecular complexity index is 292. The first-order valence-corrected chi connectivity index (χ1v) is 3.42. The van der Waals surface area contributed by atoms with E-state index in [2.05, 4.69) is 12.6 Å². The van der Waals surface area contributed by atoms with Gasteiger partial charge in [0.2, 0.25) is 0 Å². The fourth-order valence-corrected chi connectivity index (χ4v) is 0.945. The van der Waals surface area contributed by atoms with E-state index in [1.807, 2.05) is 0 Å². The molecule has 5 heteroatoms. The number of alkyl halides is 3. The van der Waals surface area contributed by atoms with Crippen molar-refractivity contribution in [1.29, 1.82) is 0 Å². The van der Waals surface area contributed by atoms with Crippen LogP contribution in [0.1, 0.15) is 5.56 Å². The van der Waals surface area contributed by atoms with Gasteiger partial charge in [0.25, 0.3) is 0 Å². The van der Waals surface area contributed by atoms with Crippen molar-refractivity contribution in [2.75, 3.05) is 0 Å². The smallest absolute Gasteiger partial charge is 0.205 e. The van der Waals surface area contributed by atoms with E-state index in [4.69, 9.17) is 0 Å². The zero-order chi connectivity index (χ0) is 9.35. The van der Waals surface area contributed by atoms with Gasteiger partial charge in [-0.2, -0.15) is 13.2 Å². The van der Waals surface area contributed by atoms with Crippen LogP contribution in [0.2, 0.25) is 0 Å². The molecule has 66 valence electrons. The number of benzene rings is 1. The largest absolute Gasteiger partial charge is 0.419 e. The van der Waals surface area contributed by atoms with Crippen LogP contribution in [-0.4, -0.2) is 0 Å². The molecule has 0 atom stereocenters. The van der Waals surface area contributed by atoms with E-state index in [1.54, 1.807) is 0 Å². The van der Waals surface area contributed by atoms with Gasteiger partial charge in [-0.25, -0.2) is 4.39 Å². The third-order valence-electron chi connectivity index (χ3n) is 1.28. The van der Waals surface area contributed by atoms with Gasteiger partial charge in [-0.3, -0.25) is 0 Å². The molecule has 0 saturated carbocycles. The van der Waals surface area contributed by atoms with Crippen molar-refractivity contribution in [3.63, 3.8) is 0 Å². The fourth-order valence-electron chi connectivity index (χ4n) is 0.739.